The van der Waals surface area contributed by atoms with Crippen molar-refractivity contribution in [3.8, 4) is 0 Å². The van der Waals surface area contributed by atoms with E-state index in [9.17, 15) is 0 Å². The van der Waals surface area contributed by atoms with E-state index >= 15 is 0 Å². The molecule has 2 heterocycles. The van der Waals surface area contributed by atoms with Crippen molar-refractivity contribution in [3.05, 3.63) is 34.0 Å². The fraction of sp³-hybridized carbons (Fsp3) is 0.357. The average Bonchev–Trinajstić information content (AvgIpc) is 2.79. The molecule has 0 spiro atoms. The van der Waals surface area contributed by atoms with Gasteiger partial charge in [-0.1, -0.05) is 18.2 Å². The molecule has 1 fully saturated rings. The van der Waals surface area contributed by atoms with Gasteiger partial charge in [-0.2, -0.15) is 0 Å². The summed E-state index contributed by atoms with van der Waals surface area (Å²) < 4.78 is 6.88. The Morgan fingerprint density at radius 2 is 2.22 bits per heavy atom. The summed E-state index contributed by atoms with van der Waals surface area (Å²) in [4.78, 5) is 5.83. The maximum Gasteiger partial charge on any atom is 0.0714 e. The standard InChI is InChI=1S/C14H14INOS/c1-9-13(6-7-17-9)18-14-10-4-2-3-5-12(10)16-8-11(14)15/h2-5,8-9,13H,6-7H2,1H3. The molecule has 1 aliphatic rings. The van der Waals surface area contributed by atoms with E-state index in [1.165, 1.54) is 13.9 Å². The lowest BCUT2D eigenvalue weighted by Gasteiger charge is -2.16. The molecular weight excluding hydrogens is 357 g/mol. The molecule has 0 radical (unpaired) electrons. The quantitative estimate of drug-likeness (QED) is 0.742. The van der Waals surface area contributed by atoms with E-state index in [4.69, 9.17) is 4.74 Å². The molecule has 2 unspecified atom stereocenters. The van der Waals surface area contributed by atoms with Crippen LogP contribution in [0, 0.1) is 3.57 Å². The summed E-state index contributed by atoms with van der Waals surface area (Å²) >= 11 is 4.32. The van der Waals surface area contributed by atoms with Crippen LogP contribution in [0.4, 0.5) is 0 Å². The molecule has 94 valence electrons. The predicted octanol–water partition coefficient (Wildman–Crippen LogP) is 4.11. The van der Waals surface area contributed by atoms with Gasteiger partial charge < -0.3 is 4.74 Å². The summed E-state index contributed by atoms with van der Waals surface area (Å²) in [5.74, 6) is 0. The number of fused-ring (bicyclic) bond motifs is 1. The molecule has 1 aromatic heterocycles. The Morgan fingerprint density at radius 3 is 3.00 bits per heavy atom. The van der Waals surface area contributed by atoms with Gasteiger partial charge in [0.2, 0.25) is 0 Å². The van der Waals surface area contributed by atoms with E-state index in [1.54, 1.807) is 0 Å². The zero-order chi connectivity index (χ0) is 12.5. The fourth-order valence-corrected chi connectivity index (χ4v) is 4.29. The Kier molecular flexibility index (Phi) is 3.77. The highest BCUT2D eigenvalue weighted by molar-refractivity contribution is 14.1. The molecule has 2 aromatic rings. The van der Waals surface area contributed by atoms with Gasteiger partial charge in [0.05, 0.1) is 11.6 Å². The number of ether oxygens (including phenoxy) is 1. The molecule has 0 amide bonds. The lowest BCUT2D eigenvalue weighted by molar-refractivity contribution is 0.127. The number of rotatable bonds is 2. The first-order valence-electron chi connectivity index (χ1n) is 6.07. The van der Waals surface area contributed by atoms with E-state index < -0.39 is 0 Å². The van der Waals surface area contributed by atoms with Crippen molar-refractivity contribution in [2.75, 3.05) is 6.61 Å². The number of halogens is 1. The minimum Gasteiger partial charge on any atom is -0.377 e. The molecule has 1 aromatic carbocycles. The molecule has 0 N–H and O–H groups in total. The first kappa shape index (κ1) is 12.7. The van der Waals surface area contributed by atoms with Crippen LogP contribution in [0.1, 0.15) is 13.3 Å². The van der Waals surface area contributed by atoms with Gasteiger partial charge in [0, 0.05) is 31.9 Å². The van der Waals surface area contributed by atoms with Gasteiger partial charge in [0.25, 0.3) is 0 Å². The fourth-order valence-electron chi connectivity index (χ4n) is 2.23. The highest BCUT2D eigenvalue weighted by Crippen LogP contribution is 2.38. The monoisotopic (exact) mass is 371 g/mol. The number of thioether (sulfide) groups is 1. The lowest BCUT2D eigenvalue weighted by Crippen LogP contribution is -2.13. The maximum atomic E-state index is 5.65. The van der Waals surface area contributed by atoms with Crippen molar-refractivity contribution in [2.45, 2.75) is 29.6 Å². The minimum absolute atomic E-state index is 0.345. The van der Waals surface area contributed by atoms with Crippen LogP contribution in [0.15, 0.2) is 35.4 Å². The predicted molar refractivity (Wildman–Crippen MR) is 84.1 cm³/mol. The smallest absolute Gasteiger partial charge is 0.0714 e. The summed E-state index contributed by atoms with van der Waals surface area (Å²) in [6, 6.07) is 8.36. The van der Waals surface area contributed by atoms with Crippen molar-refractivity contribution in [2.24, 2.45) is 0 Å². The van der Waals surface area contributed by atoms with Gasteiger partial charge in [-0.25, -0.2) is 0 Å². The van der Waals surface area contributed by atoms with Gasteiger partial charge in [-0.15, -0.1) is 11.8 Å². The SMILES string of the molecule is CC1OCCC1Sc1c(I)cnc2ccccc12. The minimum atomic E-state index is 0.345. The highest BCUT2D eigenvalue weighted by atomic mass is 127. The first-order chi connectivity index (χ1) is 8.75. The Balaban J connectivity index is 2.02. The molecule has 2 atom stereocenters. The van der Waals surface area contributed by atoms with E-state index in [0.29, 0.717) is 11.4 Å². The molecule has 0 saturated carbocycles. The number of nitrogens with zero attached hydrogens (tertiary/aromatic N) is 1. The molecule has 0 aliphatic carbocycles. The van der Waals surface area contributed by atoms with Crippen LogP contribution in [0.3, 0.4) is 0 Å². The number of hydrogen-bond acceptors (Lipinski definition) is 3. The van der Waals surface area contributed by atoms with Gasteiger partial charge in [0.1, 0.15) is 0 Å². The van der Waals surface area contributed by atoms with Crippen LogP contribution in [0.2, 0.25) is 0 Å². The van der Waals surface area contributed by atoms with Gasteiger partial charge in [-0.05, 0) is 42.0 Å². The normalized spacial score (nSPS) is 23.7. The largest absolute Gasteiger partial charge is 0.377 e. The van der Waals surface area contributed by atoms with Gasteiger partial charge in [-0.3, -0.25) is 4.98 Å². The number of benzene rings is 1. The molecule has 1 aliphatic heterocycles. The number of aromatic nitrogens is 1. The molecule has 18 heavy (non-hydrogen) atoms. The van der Waals surface area contributed by atoms with Crippen LogP contribution in [0.5, 0.6) is 0 Å². The third-order valence-corrected chi connectivity index (χ3v) is 6.04. The number of hydrogen-bond donors (Lipinski definition) is 0. The first-order valence-corrected chi connectivity index (χ1v) is 8.03. The van der Waals surface area contributed by atoms with Crippen molar-refractivity contribution in [1.29, 1.82) is 0 Å². The third-order valence-electron chi connectivity index (χ3n) is 3.26. The van der Waals surface area contributed by atoms with E-state index in [0.717, 1.165) is 18.5 Å². The number of para-hydroxylation sites is 1. The number of pyridine rings is 1. The van der Waals surface area contributed by atoms with Gasteiger partial charge >= 0.3 is 0 Å². The molecule has 1 saturated heterocycles. The second kappa shape index (κ2) is 5.35. The van der Waals surface area contributed by atoms with E-state index in [-0.39, 0.29) is 0 Å². The van der Waals surface area contributed by atoms with Gasteiger partial charge in [0.15, 0.2) is 0 Å². The Labute approximate surface area is 125 Å². The summed E-state index contributed by atoms with van der Waals surface area (Å²) in [5, 5.41) is 1.82. The summed E-state index contributed by atoms with van der Waals surface area (Å²) in [7, 11) is 0. The summed E-state index contributed by atoms with van der Waals surface area (Å²) in [6.07, 6.45) is 3.45. The van der Waals surface area contributed by atoms with Crippen molar-refractivity contribution >= 4 is 45.3 Å². The molecule has 2 nitrogen and oxygen atoms in total. The van der Waals surface area contributed by atoms with E-state index in [2.05, 4.69) is 52.7 Å². The van der Waals surface area contributed by atoms with Crippen molar-refractivity contribution in [1.82, 2.24) is 4.98 Å². The lowest BCUT2D eigenvalue weighted by atomic mass is 10.2. The highest BCUT2D eigenvalue weighted by Gasteiger charge is 2.26. The van der Waals surface area contributed by atoms with Crippen LogP contribution in [-0.2, 0) is 4.74 Å². The second-order valence-corrected chi connectivity index (χ2v) is 6.88. The molecule has 3 rings (SSSR count). The van der Waals surface area contributed by atoms with Crippen molar-refractivity contribution in [3.63, 3.8) is 0 Å². The topological polar surface area (TPSA) is 22.1 Å². The van der Waals surface area contributed by atoms with Crippen LogP contribution < -0.4 is 0 Å². The Hall–Kier alpha value is -0.330. The Morgan fingerprint density at radius 1 is 1.39 bits per heavy atom. The molecular formula is C14H14INOS. The summed E-state index contributed by atoms with van der Waals surface area (Å²) in [6.45, 7) is 3.05. The Bertz CT molecular complexity index is 575. The maximum absolute atomic E-state index is 5.65. The average molecular weight is 371 g/mol. The second-order valence-electron chi connectivity index (χ2n) is 4.47. The molecule has 4 heteroatoms. The molecule has 0 bridgehead atoms. The zero-order valence-electron chi connectivity index (χ0n) is 10.1. The van der Waals surface area contributed by atoms with Crippen molar-refractivity contribution < 1.29 is 4.74 Å². The van der Waals surface area contributed by atoms with Crippen LogP contribution in [-0.4, -0.2) is 22.9 Å². The van der Waals surface area contributed by atoms with Crippen LogP contribution in [0.25, 0.3) is 10.9 Å². The summed E-state index contributed by atoms with van der Waals surface area (Å²) in [5.41, 5.74) is 1.08. The van der Waals surface area contributed by atoms with Crippen LogP contribution >= 0.6 is 34.4 Å². The third kappa shape index (κ3) is 2.38. The van der Waals surface area contributed by atoms with E-state index in [1.807, 2.05) is 24.0 Å². The zero-order valence-corrected chi connectivity index (χ0v) is 13.1.